The molecule has 7 heteroatoms. The van der Waals surface area contributed by atoms with E-state index in [1.54, 1.807) is 4.31 Å². The fourth-order valence-corrected chi connectivity index (χ4v) is 3.91. The van der Waals surface area contributed by atoms with Crippen LogP contribution in [0.3, 0.4) is 0 Å². The van der Waals surface area contributed by atoms with Crippen LogP contribution >= 0.6 is 0 Å². The molecule has 1 aliphatic heterocycles. The number of nitrogens with two attached hydrogens (primary N) is 1. The highest BCUT2D eigenvalue weighted by molar-refractivity contribution is 7.89. The summed E-state index contributed by atoms with van der Waals surface area (Å²) in [6, 6.07) is 1.52. The molecule has 17 heavy (non-hydrogen) atoms. The molecule has 0 saturated carbocycles. The molecule has 1 aliphatic rings. The van der Waals surface area contributed by atoms with Gasteiger partial charge in [0.2, 0.25) is 0 Å². The molecule has 0 radical (unpaired) electrons. The molecule has 1 unspecified atom stereocenters. The van der Waals surface area contributed by atoms with E-state index < -0.39 is 10.0 Å². The highest BCUT2D eigenvalue weighted by Gasteiger charge is 2.33. The van der Waals surface area contributed by atoms with Gasteiger partial charge in [-0.2, -0.15) is 9.40 Å². The van der Waals surface area contributed by atoms with Crippen LogP contribution in [0.25, 0.3) is 0 Å². The van der Waals surface area contributed by atoms with Gasteiger partial charge in [0.25, 0.3) is 10.0 Å². The second kappa shape index (κ2) is 5.16. The summed E-state index contributed by atoms with van der Waals surface area (Å²) in [6.07, 6.45) is 5.04. The van der Waals surface area contributed by atoms with Crippen LogP contribution in [0.5, 0.6) is 0 Å². The lowest BCUT2D eigenvalue weighted by atomic mass is 10.0. The van der Waals surface area contributed by atoms with Gasteiger partial charge < -0.3 is 5.73 Å². The summed E-state index contributed by atoms with van der Waals surface area (Å²) < 4.78 is 26.3. The van der Waals surface area contributed by atoms with E-state index in [1.165, 1.54) is 12.3 Å². The van der Waals surface area contributed by atoms with Crippen LogP contribution in [0.2, 0.25) is 0 Å². The van der Waals surface area contributed by atoms with Crippen molar-refractivity contribution in [1.29, 1.82) is 0 Å². The molecule has 0 bridgehead atoms. The number of hydrogen-bond donors (Lipinski definition) is 2. The number of nitrogens with zero attached hydrogens (tertiary/aromatic N) is 2. The normalized spacial score (nSPS) is 22.8. The maximum Gasteiger partial charge on any atom is 0.260 e. The van der Waals surface area contributed by atoms with Gasteiger partial charge in [-0.1, -0.05) is 6.42 Å². The third-order valence-electron chi connectivity index (χ3n) is 3.13. The molecule has 96 valence electrons. The van der Waals surface area contributed by atoms with Crippen LogP contribution in [-0.2, 0) is 10.0 Å². The van der Waals surface area contributed by atoms with Crippen LogP contribution in [0, 0.1) is 0 Å². The predicted molar refractivity (Wildman–Crippen MR) is 63.8 cm³/mol. The van der Waals surface area contributed by atoms with Crippen molar-refractivity contribution in [1.82, 2.24) is 14.5 Å². The fourth-order valence-electron chi connectivity index (χ4n) is 2.28. The summed E-state index contributed by atoms with van der Waals surface area (Å²) in [5.74, 6) is 0. The zero-order chi connectivity index (χ0) is 12.3. The smallest absolute Gasteiger partial charge is 0.260 e. The lowest BCUT2D eigenvalue weighted by molar-refractivity contribution is 0.242. The van der Waals surface area contributed by atoms with Crippen LogP contribution < -0.4 is 5.73 Å². The summed E-state index contributed by atoms with van der Waals surface area (Å²) >= 11 is 0. The van der Waals surface area contributed by atoms with Gasteiger partial charge >= 0.3 is 0 Å². The first-order chi connectivity index (χ1) is 8.16. The van der Waals surface area contributed by atoms with E-state index >= 15 is 0 Å². The Morgan fingerprint density at radius 3 is 3.00 bits per heavy atom. The summed E-state index contributed by atoms with van der Waals surface area (Å²) in [4.78, 5) is 0. The van der Waals surface area contributed by atoms with Crippen molar-refractivity contribution >= 4 is 10.0 Å². The third-order valence-corrected chi connectivity index (χ3v) is 5.02. The molecule has 1 saturated heterocycles. The van der Waals surface area contributed by atoms with E-state index in [9.17, 15) is 8.42 Å². The van der Waals surface area contributed by atoms with Crippen molar-refractivity contribution in [3.05, 3.63) is 12.3 Å². The van der Waals surface area contributed by atoms with Gasteiger partial charge in [-0.25, -0.2) is 8.42 Å². The first-order valence-corrected chi connectivity index (χ1v) is 7.31. The van der Waals surface area contributed by atoms with Gasteiger partial charge in [-0.3, -0.25) is 5.10 Å². The first kappa shape index (κ1) is 12.5. The molecule has 2 heterocycles. The van der Waals surface area contributed by atoms with Crippen molar-refractivity contribution in [2.24, 2.45) is 5.73 Å². The molecule has 1 aromatic heterocycles. The Kier molecular flexibility index (Phi) is 3.80. The number of aromatic amines is 1. The lowest BCUT2D eigenvalue weighted by Crippen LogP contribution is -2.44. The molecule has 3 N–H and O–H groups in total. The predicted octanol–water partition coefficient (Wildman–Crippen LogP) is 0.302. The quantitative estimate of drug-likeness (QED) is 0.812. The highest BCUT2D eigenvalue weighted by Crippen LogP contribution is 2.25. The molecule has 0 amide bonds. The summed E-state index contributed by atoms with van der Waals surface area (Å²) in [6.45, 7) is 1.09. The van der Waals surface area contributed by atoms with Gasteiger partial charge in [0.1, 0.15) is 0 Å². The Labute approximate surface area is 101 Å². The SMILES string of the molecule is NCCC1CCCCN1S(=O)(=O)c1ccn[nH]1. The molecule has 2 rings (SSSR count). The average molecular weight is 258 g/mol. The van der Waals surface area contributed by atoms with Crippen LogP contribution in [-0.4, -0.2) is 42.1 Å². The molecule has 0 aromatic carbocycles. The zero-order valence-corrected chi connectivity index (χ0v) is 10.5. The van der Waals surface area contributed by atoms with Crippen molar-refractivity contribution in [3.8, 4) is 0 Å². The van der Waals surface area contributed by atoms with E-state index in [2.05, 4.69) is 10.2 Å². The molecular weight excluding hydrogens is 240 g/mol. The molecule has 6 nitrogen and oxygen atoms in total. The van der Waals surface area contributed by atoms with Gasteiger partial charge in [0.15, 0.2) is 5.03 Å². The van der Waals surface area contributed by atoms with Crippen molar-refractivity contribution in [2.75, 3.05) is 13.1 Å². The highest BCUT2D eigenvalue weighted by atomic mass is 32.2. The van der Waals surface area contributed by atoms with E-state index in [4.69, 9.17) is 5.73 Å². The largest absolute Gasteiger partial charge is 0.330 e. The van der Waals surface area contributed by atoms with Gasteiger partial charge in [0.05, 0.1) is 6.20 Å². The molecule has 0 spiro atoms. The number of sulfonamides is 1. The van der Waals surface area contributed by atoms with Crippen LogP contribution in [0.1, 0.15) is 25.7 Å². The molecule has 1 aromatic rings. The lowest BCUT2D eigenvalue weighted by Gasteiger charge is -2.34. The maximum atomic E-state index is 12.3. The summed E-state index contributed by atoms with van der Waals surface area (Å²) in [5.41, 5.74) is 5.54. The Bertz CT molecular complexity index is 441. The Morgan fingerprint density at radius 2 is 2.35 bits per heavy atom. The third kappa shape index (κ3) is 2.51. The Morgan fingerprint density at radius 1 is 1.53 bits per heavy atom. The van der Waals surface area contributed by atoms with E-state index in [-0.39, 0.29) is 11.1 Å². The fraction of sp³-hybridized carbons (Fsp3) is 0.700. The second-order valence-corrected chi connectivity index (χ2v) is 6.12. The Balaban J connectivity index is 2.24. The average Bonchev–Trinajstić information content (AvgIpc) is 2.84. The van der Waals surface area contributed by atoms with Crippen LogP contribution in [0.15, 0.2) is 17.3 Å². The van der Waals surface area contributed by atoms with Crippen molar-refractivity contribution < 1.29 is 8.42 Å². The van der Waals surface area contributed by atoms with Crippen molar-refractivity contribution in [2.45, 2.75) is 36.8 Å². The molecule has 0 aliphatic carbocycles. The number of hydrogen-bond acceptors (Lipinski definition) is 4. The monoisotopic (exact) mass is 258 g/mol. The minimum Gasteiger partial charge on any atom is -0.330 e. The zero-order valence-electron chi connectivity index (χ0n) is 9.67. The van der Waals surface area contributed by atoms with Gasteiger partial charge in [-0.05, 0) is 31.9 Å². The number of piperidine rings is 1. The van der Waals surface area contributed by atoms with Crippen LogP contribution in [0.4, 0.5) is 0 Å². The summed E-state index contributed by atoms with van der Waals surface area (Å²) in [5, 5.41) is 6.39. The molecule has 1 atom stereocenters. The number of H-pyrrole nitrogens is 1. The topological polar surface area (TPSA) is 92.1 Å². The maximum absolute atomic E-state index is 12.3. The van der Waals surface area contributed by atoms with E-state index in [0.717, 1.165) is 19.3 Å². The van der Waals surface area contributed by atoms with E-state index in [1.807, 2.05) is 0 Å². The minimum absolute atomic E-state index is 0.0297. The van der Waals surface area contributed by atoms with Gasteiger partial charge in [0, 0.05) is 12.6 Å². The minimum atomic E-state index is -3.43. The number of rotatable bonds is 4. The van der Waals surface area contributed by atoms with Gasteiger partial charge in [-0.15, -0.1) is 0 Å². The van der Waals surface area contributed by atoms with Crippen molar-refractivity contribution in [3.63, 3.8) is 0 Å². The molecular formula is C10H18N4O2S. The van der Waals surface area contributed by atoms with E-state index in [0.29, 0.717) is 19.5 Å². The standard InChI is InChI=1S/C10H18N4O2S/c11-6-4-9-3-1-2-8-14(9)17(15,16)10-5-7-12-13-10/h5,7,9H,1-4,6,8,11H2,(H,12,13). The number of aromatic nitrogens is 2. The summed E-state index contributed by atoms with van der Waals surface area (Å²) in [7, 11) is -3.43. The second-order valence-electron chi connectivity index (χ2n) is 4.26. The first-order valence-electron chi connectivity index (χ1n) is 5.87. The molecule has 1 fully saturated rings. The Hall–Kier alpha value is -0.920. The number of nitrogens with one attached hydrogen (secondary N) is 1.